The van der Waals surface area contributed by atoms with Crippen molar-refractivity contribution in [2.24, 2.45) is 0 Å². The summed E-state index contributed by atoms with van der Waals surface area (Å²) in [7, 11) is 3.12. The number of nitrogens with zero attached hydrogens (tertiary/aromatic N) is 1. The Bertz CT molecular complexity index is 692. The Labute approximate surface area is 140 Å². The van der Waals surface area contributed by atoms with E-state index in [-0.39, 0.29) is 18.2 Å². The van der Waals surface area contributed by atoms with Crippen molar-refractivity contribution in [1.82, 2.24) is 5.32 Å². The van der Waals surface area contributed by atoms with Gasteiger partial charge in [-0.3, -0.25) is 4.79 Å². The van der Waals surface area contributed by atoms with Crippen LogP contribution in [0.1, 0.15) is 17.9 Å². The molecule has 1 aromatic carbocycles. The average Bonchev–Trinajstić information content (AvgIpc) is 2.58. The van der Waals surface area contributed by atoms with Gasteiger partial charge in [-0.25, -0.2) is 0 Å². The van der Waals surface area contributed by atoms with Gasteiger partial charge in [-0.15, -0.1) is 18.3 Å². The number of benzene rings is 1. The van der Waals surface area contributed by atoms with Gasteiger partial charge in [-0.1, -0.05) is 12.1 Å². The topological polar surface area (TPSA) is 71.3 Å². The van der Waals surface area contributed by atoms with E-state index in [1.54, 1.807) is 26.4 Å². The van der Waals surface area contributed by atoms with Gasteiger partial charge in [0.05, 0.1) is 30.9 Å². The van der Waals surface area contributed by atoms with E-state index in [4.69, 9.17) is 9.47 Å². The summed E-state index contributed by atoms with van der Waals surface area (Å²) in [6.45, 7) is 3.66. The molecule has 0 unspecified atom stereocenters. The number of nitrogens with one attached hydrogen (secondary N) is 1. The van der Waals surface area contributed by atoms with Crippen LogP contribution in [-0.4, -0.2) is 25.9 Å². The van der Waals surface area contributed by atoms with E-state index in [1.807, 2.05) is 12.1 Å². The Morgan fingerprint density at radius 3 is 2.78 bits per heavy atom. The van der Waals surface area contributed by atoms with E-state index < -0.39 is 0 Å². The molecule has 0 aliphatic carbocycles. The molecule has 1 aromatic rings. The largest absolute Gasteiger partial charge is 0.493 e. The molecule has 0 saturated heterocycles. The van der Waals surface area contributed by atoms with E-state index in [2.05, 4.69) is 18.0 Å². The van der Waals surface area contributed by atoms with Crippen molar-refractivity contribution in [2.45, 2.75) is 12.3 Å². The van der Waals surface area contributed by atoms with Gasteiger partial charge in [0.15, 0.2) is 11.5 Å². The number of carbonyl (C=O) groups is 1. The first-order chi connectivity index (χ1) is 11.1. The molecule has 1 aliphatic heterocycles. The lowest BCUT2D eigenvalue weighted by atomic mass is 9.87. The Kier molecular flexibility index (Phi) is 5.72. The van der Waals surface area contributed by atoms with Crippen molar-refractivity contribution in [3.05, 3.63) is 47.0 Å². The Morgan fingerprint density at radius 2 is 2.17 bits per heavy atom. The molecule has 120 valence electrons. The van der Waals surface area contributed by atoms with Crippen LogP contribution < -0.4 is 14.8 Å². The normalized spacial score (nSPS) is 17.3. The maximum Gasteiger partial charge on any atom is 0.225 e. The molecule has 0 spiro atoms. The molecule has 23 heavy (non-hydrogen) atoms. The molecule has 2 rings (SSSR count). The monoisotopic (exact) mass is 330 g/mol. The van der Waals surface area contributed by atoms with Gasteiger partial charge in [0.1, 0.15) is 0 Å². The molecule has 0 radical (unpaired) electrons. The molecule has 0 bridgehead atoms. The first-order valence-corrected chi connectivity index (χ1v) is 8.02. The molecule has 0 saturated carbocycles. The number of nitriles is 1. The zero-order valence-electron chi connectivity index (χ0n) is 13.1. The average molecular weight is 330 g/mol. The number of thioether (sulfide) groups is 1. The minimum atomic E-state index is -0.291. The number of carbonyl (C=O) groups excluding carboxylic acids is 1. The summed E-state index contributed by atoms with van der Waals surface area (Å²) in [4.78, 5) is 12.0. The highest BCUT2D eigenvalue weighted by Gasteiger charge is 2.30. The highest BCUT2D eigenvalue weighted by molar-refractivity contribution is 8.03. The summed E-state index contributed by atoms with van der Waals surface area (Å²) < 4.78 is 10.5. The standard InChI is InChI=1S/C17H18N2O3S/c1-4-7-23-17-13(10-18)12(9-16(20)19-17)11-5-6-14(21-2)15(8-11)22-3/h4-6,8,12H,1,7,9H2,2-3H3,(H,19,20)/t12-/m1/s1. The number of methoxy groups -OCH3 is 2. The van der Waals surface area contributed by atoms with Gasteiger partial charge in [-0.05, 0) is 17.7 Å². The Morgan fingerprint density at radius 1 is 1.43 bits per heavy atom. The number of ether oxygens (including phenoxy) is 2. The lowest BCUT2D eigenvalue weighted by Crippen LogP contribution is -2.30. The van der Waals surface area contributed by atoms with Crippen molar-refractivity contribution in [2.75, 3.05) is 20.0 Å². The van der Waals surface area contributed by atoms with E-state index in [0.717, 1.165) is 5.56 Å². The van der Waals surface area contributed by atoms with Gasteiger partial charge in [-0.2, -0.15) is 5.26 Å². The van der Waals surface area contributed by atoms with Crippen LogP contribution in [0, 0.1) is 11.3 Å². The number of amides is 1. The fourth-order valence-corrected chi connectivity index (χ4v) is 3.24. The molecule has 1 aliphatic rings. The highest BCUT2D eigenvalue weighted by atomic mass is 32.2. The van der Waals surface area contributed by atoms with Crippen molar-refractivity contribution in [3.8, 4) is 17.6 Å². The maximum atomic E-state index is 12.0. The van der Waals surface area contributed by atoms with E-state index >= 15 is 0 Å². The second-order valence-corrected chi connectivity index (χ2v) is 5.90. The second kappa shape index (κ2) is 7.75. The van der Waals surface area contributed by atoms with Gasteiger partial charge in [0, 0.05) is 18.1 Å². The van der Waals surface area contributed by atoms with Crippen LogP contribution >= 0.6 is 11.8 Å². The van der Waals surface area contributed by atoms with E-state index in [1.165, 1.54) is 11.8 Å². The molecule has 1 N–H and O–H groups in total. The van der Waals surface area contributed by atoms with Crippen LogP contribution in [0.4, 0.5) is 0 Å². The Balaban J connectivity index is 2.45. The number of hydrogen-bond acceptors (Lipinski definition) is 5. The lowest BCUT2D eigenvalue weighted by molar-refractivity contribution is -0.120. The summed E-state index contributed by atoms with van der Waals surface area (Å²) in [5, 5.41) is 12.9. The van der Waals surface area contributed by atoms with Crippen molar-refractivity contribution in [1.29, 1.82) is 5.26 Å². The predicted molar refractivity (Wildman–Crippen MR) is 90.3 cm³/mol. The molecule has 1 heterocycles. The first-order valence-electron chi connectivity index (χ1n) is 7.04. The van der Waals surface area contributed by atoms with Crippen LogP contribution in [0.5, 0.6) is 11.5 Å². The fourth-order valence-electron chi connectivity index (χ4n) is 2.43. The third-order valence-corrected chi connectivity index (χ3v) is 4.52. The van der Waals surface area contributed by atoms with Crippen molar-refractivity contribution < 1.29 is 14.3 Å². The second-order valence-electron chi connectivity index (χ2n) is 4.87. The number of rotatable bonds is 6. The minimum absolute atomic E-state index is 0.102. The van der Waals surface area contributed by atoms with Gasteiger partial charge in [0.2, 0.25) is 5.91 Å². The molecule has 1 amide bonds. The fraction of sp³-hybridized carbons (Fsp3) is 0.294. The quantitative estimate of drug-likeness (QED) is 0.812. The Hall–Kier alpha value is -2.39. The van der Waals surface area contributed by atoms with Crippen molar-refractivity contribution >= 4 is 17.7 Å². The molecule has 0 fully saturated rings. The smallest absolute Gasteiger partial charge is 0.225 e. The van der Waals surface area contributed by atoms with Crippen LogP contribution in [-0.2, 0) is 4.79 Å². The zero-order valence-corrected chi connectivity index (χ0v) is 13.9. The number of hydrogen-bond donors (Lipinski definition) is 1. The lowest BCUT2D eigenvalue weighted by Gasteiger charge is -2.25. The summed E-state index contributed by atoms with van der Waals surface area (Å²) in [6, 6.07) is 7.69. The molecule has 6 heteroatoms. The van der Waals surface area contributed by atoms with Crippen LogP contribution in [0.15, 0.2) is 41.5 Å². The maximum absolute atomic E-state index is 12.0. The van der Waals surface area contributed by atoms with Crippen molar-refractivity contribution in [3.63, 3.8) is 0 Å². The van der Waals surface area contributed by atoms with Crippen LogP contribution in [0.25, 0.3) is 0 Å². The minimum Gasteiger partial charge on any atom is -0.493 e. The van der Waals surface area contributed by atoms with Gasteiger partial charge < -0.3 is 14.8 Å². The highest BCUT2D eigenvalue weighted by Crippen LogP contribution is 2.39. The summed E-state index contributed by atoms with van der Waals surface area (Å²) in [5.74, 6) is 1.42. The first kappa shape index (κ1) is 17.0. The summed E-state index contributed by atoms with van der Waals surface area (Å²) in [6.07, 6.45) is 1.97. The van der Waals surface area contributed by atoms with E-state index in [0.29, 0.717) is 27.9 Å². The molecule has 0 aromatic heterocycles. The zero-order chi connectivity index (χ0) is 16.8. The van der Waals surface area contributed by atoms with Gasteiger partial charge >= 0.3 is 0 Å². The number of allylic oxidation sites excluding steroid dienone is 1. The molecule has 1 atom stereocenters. The van der Waals surface area contributed by atoms with Crippen LogP contribution in [0.2, 0.25) is 0 Å². The predicted octanol–water partition coefficient (Wildman–Crippen LogP) is 2.96. The summed E-state index contributed by atoms with van der Waals surface area (Å²) >= 11 is 1.40. The summed E-state index contributed by atoms with van der Waals surface area (Å²) in [5.41, 5.74) is 1.41. The van der Waals surface area contributed by atoms with Crippen LogP contribution in [0.3, 0.4) is 0 Å². The SMILES string of the molecule is C=CCSC1=C(C#N)[C@@H](c2ccc(OC)c(OC)c2)CC(=O)N1. The third kappa shape index (κ3) is 3.69. The van der Waals surface area contributed by atoms with E-state index in [9.17, 15) is 10.1 Å². The molecular weight excluding hydrogens is 312 g/mol. The molecular formula is C17H18N2O3S. The molecule has 5 nitrogen and oxygen atoms in total. The van der Waals surface area contributed by atoms with Gasteiger partial charge in [0.25, 0.3) is 0 Å². The third-order valence-electron chi connectivity index (χ3n) is 3.51.